The molecule has 21 heavy (non-hydrogen) atoms. The summed E-state index contributed by atoms with van der Waals surface area (Å²) in [5.41, 5.74) is 8.99. The first-order valence-corrected chi connectivity index (χ1v) is 8.51. The van der Waals surface area contributed by atoms with Gasteiger partial charge in [-0.15, -0.1) is 0 Å². The van der Waals surface area contributed by atoms with Crippen LogP contribution in [0.5, 0.6) is 0 Å². The maximum absolute atomic E-state index is 12.4. The summed E-state index contributed by atoms with van der Waals surface area (Å²) < 4.78 is 27.3. The molecule has 2 aromatic rings. The summed E-state index contributed by atoms with van der Waals surface area (Å²) >= 11 is 5.81. The van der Waals surface area contributed by atoms with Crippen molar-refractivity contribution >= 4 is 33.0 Å². The number of aryl methyl sites for hydroxylation is 2. The van der Waals surface area contributed by atoms with E-state index in [1.807, 2.05) is 12.1 Å². The SMILES string of the molecule is Nc1cc(S(=O)(=O)Nc2ccc3c(c2)CCC3)ccc1Cl. The Morgan fingerprint density at radius 2 is 1.81 bits per heavy atom. The van der Waals surface area contributed by atoms with Gasteiger partial charge in [-0.05, 0) is 60.7 Å². The summed E-state index contributed by atoms with van der Waals surface area (Å²) in [4.78, 5) is 0.102. The molecule has 0 aromatic heterocycles. The molecule has 1 aliphatic rings. The number of anilines is 2. The third kappa shape index (κ3) is 2.84. The van der Waals surface area contributed by atoms with Crippen LogP contribution in [-0.4, -0.2) is 8.42 Å². The maximum Gasteiger partial charge on any atom is 0.261 e. The van der Waals surface area contributed by atoms with E-state index in [1.54, 1.807) is 6.07 Å². The maximum atomic E-state index is 12.4. The number of hydrogen-bond acceptors (Lipinski definition) is 3. The van der Waals surface area contributed by atoms with Gasteiger partial charge < -0.3 is 5.73 Å². The second-order valence-electron chi connectivity index (χ2n) is 5.13. The predicted molar refractivity (Wildman–Crippen MR) is 85.1 cm³/mol. The van der Waals surface area contributed by atoms with E-state index < -0.39 is 10.0 Å². The van der Waals surface area contributed by atoms with Gasteiger partial charge in [0.25, 0.3) is 10.0 Å². The number of nitrogen functional groups attached to an aromatic ring is 1. The van der Waals surface area contributed by atoms with Crippen molar-refractivity contribution < 1.29 is 8.42 Å². The summed E-state index contributed by atoms with van der Waals surface area (Å²) in [6.07, 6.45) is 3.19. The van der Waals surface area contributed by atoms with Crippen molar-refractivity contribution in [3.8, 4) is 0 Å². The second-order valence-corrected chi connectivity index (χ2v) is 7.22. The van der Waals surface area contributed by atoms with Gasteiger partial charge in [-0.1, -0.05) is 17.7 Å². The molecular weight excluding hydrogens is 308 g/mol. The normalized spacial score (nSPS) is 14.0. The Kier molecular flexibility index (Phi) is 3.55. The molecule has 0 bridgehead atoms. The smallest absolute Gasteiger partial charge is 0.261 e. The van der Waals surface area contributed by atoms with Gasteiger partial charge in [-0.25, -0.2) is 8.42 Å². The molecule has 4 nitrogen and oxygen atoms in total. The van der Waals surface area contributed by atoms with Crippen LogP contribution in [0.15, 0.2) is 41.3 Å². The molecule has 6 heteroatoms. The first kappa shape index (κ1) is 14.2. The van der Waals surface area contributed by atoms with E-state index in [1.165, 1.54) is 29.3 Å². The molecule has 0 radical (unpaired) electrons. The molecule has 2 aromatic carbocycles. The standard InChI is InChI=1S/C15H15ClN2O2S/c16-14-7-6-13(9-15(14)17)21(19,20)18-12-5-4-10-2-1-3-11(10)8-12/h4-9,18H,1-3,17H2. The van der Waals surface area contributed by atoms with Gasteiger partial charge in [0.15, 0.2) is 0 Å². The van der Waals surface area contributed by atoms with Crippen LogP contribution in [0, 0.1) is 0 Å². The lowest BCUT2D eigenvalue weighted by Gasteiger charge is -2.10. The van der Waals surface area contributed by atoms with E-state index in [2.05, 4.69) is 4.72 Å². The zero-order valence-corrected chi connectivity index (χ0v) is 12.8. The van der Waals surface area contributed by atoms with Crippen LogP contribution in [0.1, 0.15) is 17.5 Å². The third-order valence-corrected chi connectivity index (χ3v) is 5.35. The van der Waals surface area contributed by atoms with Crippen molar-refractivity contribution in [1.29, 1.82) is 0 Å². The fourth-order valence-electron chi connectivity index (χ4n) is 2.54. The summed E-state index contributed by atoms with van der Waals surface area (Å²) in [5, 5.41) is 0.339. The highest BCUT2D eigenvalue weighted by Gasteiger charge is 2.17. The third-order valence-electron chi connectivity index (χ3n) is 3.63. The van der Waals surface area contributed by atoms with Gasteiger partial charge in [-0.3, -0.25) is 4.72 Å². The highest BCUT2D eigenvalue weighted by atomic mass is 35.5. The number of hydrogen-bond donors (Lipinski definition) is 2. The van der Waals surface area contributed by atoms with E-state index in [0.717, 1.165) is 19.3 Å². The minimum atomic E-state index is -3.66. The van der Waals surface area contributed by atoms with Crippen molar-refractivity contribution in [3.05, 3.63) is 52.5 Å². The summed E-state index contributed by atoms with van der Waals surface area (Å²) in [5.74, 6) is 0. The van der Waals surface area contributed by atoms with Crippen LogP contribution in [0.3, 0.4) is 0 Å². The Morgan fingerprint density at radius 3 is 2.57 bits per heavy atom. The Balaban J connectivity index is 1.90. The van der Waals surface area contributed by atoms with Crippen LogP contribution >= 0.6 is 11.6 Å². The summed E-state index contributed by atoms with van der Waals surface area (Å²) in [6.45, 7) is 0. The van der Waals surface area contributed by atoms with Gasteiger partial charge >= 0.3 is 0 Å². The van der Waals surface area contributed by atoms with Crippen molar-refractivity contribution in [2.24, 2.45) is 0 Å². The molecule has 0 saturated heterocycles. The Bertz CT molecular complexity index is 803. The van der Waals surface area contributed by atoms with Crippen molar-refractivity contribution in [2.75, 3.05) is 10.5 Å². The highest BCUT2D eigenvalue weighted by molar-refractivity contribution is 7.92. The fourth-order valence-corrected chi connectivity index (χ4v) is 3.74. The molecule has 0 atom stereocenters. The molecule has 0 saturated carbocycles. The fraction of sp³-hybridized carbons (Fsp3) is 0.200. The van der Waals surface area contributed by atoms with E-state index >= 15 is 0 Å². The topological polar surface area (TPSA) is 72.2 Å². The minimum absolute atomic E-state index is 0.102. The molecule has 0 amide bonds. The zero-order chi connectivity index (χ0) is 15.0. The van der Waals surface area contributed by atoms with Crippen LogP contribution in [-0.2, 0) is 22.9 Å². The first-order chi connectivity index (χ1) is 9.95. The quantitative estimate of drug-likeness (QED) is 0.852. The monoisotopic (exact) mass is 322 g/mol. The molecule has 1 aliphatic carbocycles. The molecule has 110 valence electrons. The average Bonchev–Trinajstić information content (AvgIpc) is 2.88. The number of nitrogens with one attached hydrogen (secondary N) is 1. The summed E-state index contributed by atoms with van der Waals surface area (Å²) in [6, 6.07) is 9.96. The Morgan fingerprint density at radius 1 is 1.05 bits per heavy atom. The number of halogens is 1. The zero-order valence-electron chi connectivity index (χ0n) is 11.3. The Hall–Kier alpha value is -1.72. The number of nitrogens with two attached hydrogens (primary N) is 1. The van der Waals surface area contributed by atoms with Gasteiger partial charge in [0.1, 0.15) is 0 Å². The van der Waals surface area contributed by atoms with Gasteiger partial charge in [-0.2, -0.15) is 0 Å². The lowest BCUT2D eigenvalue weighted by molar-refractivity contribution is 0.601. The number of sulfonamides is 1. The van der Waals surface area contributed by atoms with Gasteiger partial charge in [0.2, 0.25) is 0 Å². The summed E-state index contributed by atoms with van der Waals surface area (Å²) in [7, 11) is -3.66. The Labute approximate surface area is 129 Å². The average molecular weight is 323 g/mol. The van der Waals surface area contributed by atoms with Crippen LogP contribution < -0.4 is 10.5 Å². The largest absolute Gasteiger partial charge is 0.397 e. The lowest BCUT2D eigenvalue weighted by atomic mass is 10.1. The second kappa shape index (κ2) is 5.24. The van der Waals surface area contributed by atoms with Crippen LogP contribution in [0.4, 0.5) is 11.4 Å². The number of rotatable bonds is 3. The van der Waals surface area contributed by atoms with Crippen LogP contribution in [0.2, 0.25) is 5.02 Å². The van der Waals surface area contributed by atoms with Gasteiger partial charge in [0, 0.05) is 5.69 Å². The highest BCUT2D eigenvalue weighted by Crippen LogP contribution is 2.27. The van der Waals surface area contributed by atoms with Crippen molar-refractivity contribution in [3.63, 3.8) is 0 Å². The van der Waals surface area contributed by atoms with E-state index in [9.17, 15) is 8.42 Å². The number of fused-ring (bicyclic) bond motifs is 1. The van der Waals surface area contributed by atoms with E-state index in [-0.39, 0.29) is 10.6 Å². The molecule has 0 heterocycles. The van der Waals surface area contributed by atoms with Crippen molar-refractivity contribution in [2.45, 2.75) is 24.2 Å². The molecular formula is C15H15ClN2O2S. The van der Waals surface area contributed by atoms with E-state index in [0.29, 0.717) is 10.7 Å². The van der Waals surface area contributed by atoms with Gasteiger partial charge in [0.05, 0.1) is 15.6 Å². The lowest BCUT2D eigenvalue weighted by Crippen LogP contribution is -2.13. The minimum Gasteiger partial charge on any atom is -0.397 e. The molecule has 0 aliphatic heterocycles. The molecule has 3 N–H and O–H groups in total. The first-order valence-electron chi connectivity index (χ1n) is 6.65. The molecule has 0 spiro atoms. The van der Waals surface area contributed by atoms with Crippen molar-refractivity contribution in [1.82, 2.24) is 0 Å². The molecule has 3 rings (SSSR count). The predicted octanol–water partition coefficient (Wildman–Crippen LogP) is 3.21. The van der Waals surface area contributed by atoms with E-state index in [4.69, 9.17) is 17.3 Å². The molecule has 0 fully saturated rings. The number of benzene rings is 2. The van der Waals surface area contributed by atoms with Crippen LogP contribution in [0.25, 0.3) is 0 Å². The molecule has 0 unspecified atom stereocenters.